The number of aromatic nitrogens is 4. The number of carbonyl (C=O) groups is 1. The zero-order valence-corrected chi connectivity index (χ0v) is 15.3. The molecule has 1 amide bonds. The molecule has 2 N–H and O–H groups in total. The molecule has 1 aliphatic heterocycles. The third kappa shape index (κ3) is 3.81. The fourth-order valence-electron chi connectivity index (χ4n) is 3.16. The van der Waals surface area contributed by atoms with E-state index >= 15 is 0 Å². The van der Waals surface area contributed by atoms with Crippen LogP contribution in [0.25, 0.3) is 22.0 Å². The van der Waals surface area contributed by atoms with Crippen molar-refractivity contribution in [1.29, 1.82) is 0 Å². The maximum atomic E-state index is 12.6. The summed E-state index contributed by atoms with van der Waals surface area (Å²) in [4.78, 5) is 16.9. The smallest absolute Gasteiger partial charge is 0.231 e. The van der Waals surface area contributed by atoms with Crippen LogP contribution in [-0.4, -0.2) is 51.7 Å². The van der Waals surface area contributed by atoms with E-state index in [1.54, 1.807) is 10.9 Å². The van der Waals surface area contributed by atoms with E-state index < -0.39 is 0 Å². The summed E-state index contributed by atoms with van der Waals surface area (Å²) in [6.07, 6.45) is 3.50. The topological polar surface area (TPSA) is 94.0 Å². The van der Waals surface area contributed by atoms with Crippen LogP contribution in [0, 0.1) is 5.92 Å². The van der Waals surface area contributed by atoms with Gasteiger partial charge in [-0.3, -0.25) is 9.48 Å². The van der Waals surface area contributed by atoms with E-state index in [1.807, 2.05) is 44.4 Å². The largest absolute Gasteiger partial charge is 0.375 e. The summed E-state index contributed by atoms with van der Waals surface area (Å²) in [5.41, 5.74) is 1.77. The van der Waals surface area contributed by atoms with Crippen molar-refractivity contribution in [3.8, 4) is 11.3 Å². The number of hydrogen-bond acceptors (Lipinski definition) is 6. The minimum atomic E-state index is -0.263. The van der Waals surface area contributed by atoms with Crippen molar-refractivity contribution in [3.05, 3.63) is 36.7 Å². The molecule has 0 radical (unpaired) electrons. The van der Waals surface area contributed by atoms with Gasteiger partial charge in [-0.1, -0.05) is 24.3 Å². The van der Waals surface area contributed by atoms with E-state index in [-0.39, 0.29) is 17.9 Å². The van der Waals surface area contributed by atoms with Crippen molar-refractivity contribution in [2.45, 2.75) is 13.0 Å². The predicted octanol–water partition coefficient (Wildman–Crippen LogP) is 1.59. The first-order chi connectivity index (χ1) is 13.1. The Morgan fingerprint density at radius 1 is 1.37 bits per heavy atom. The molecule has 1 aromatic carbocycles. The number of benzene rings is 1. The van der Waals surface area contributed by atoms with Crippen molar-refractivity contribution in [2.75, 3.05) is 25.0 Å². The van der Waals surface area contributed by atoms with Crippen LogP contribution in [0.5, 0.6) is 0 Å². The standard InChI is InChI=1S/C19H22N6O2/c1-12(17-10-20-5-6-27-17)19(26)22-18-8-15-7-13(3-4-14(15)9-21-18)16-11-25(2)24-23-16/h3-4,7-9,11-12,17,20H,5-6,10H2,1-2H3,(H,21,22,26). The number of hydrogen-bond donors (Lipinski definition) is 2. The number of aryl methyl sites for hydroxylation is 1. The van der Waals surface area contributed by atoms with Crippen LogP contribution in [0.2, 0.25) is 0 Å². The minimum absolute atomic E-state index is 0.0966. The van der Waals surface area contributed by atoms with Crippen LogP contribution in [0.15, 0.2) is 36.7 Å². The highest BCUT2D eigenvalue weighted by atomic mass is 16.5. The maximum absolute atomic E-state index is 12.6. The number of pyridine rings is 1. The summed E-state index contributed by atoms with van der Waals surface area (Å²) in [5, 5.41) is 16.2. The zero-order valence-electron chi connectivity index (χ0n) is 15.3. The van der Waals surface area contributed by atoms with Gasteiger partial charge in [-0.25, -0.2) is 4.98 Å². The van der Waals surface area contributed by atoms with Gasteiger partial charge in [-0.2, -0.15) is 0 Å². The lowest BCUT2D eigenvalue weighted by molar-refractivity contribution is -0.125. The number of morpholine rings is 1. The van der Waals surface area contributed by atoms with Gasteiger partial charge in [0.1, 0.15) is 11.5 Å². The van der Waals surface area contributed by atoms with Crippen molar-refractivity contribution < 1.29 is 9.53 Å². The molecule has 1 saturated heterocycles. The van der Waals surface area contributed by atoms with E-state index in [0.717, 1.165) is 28.6 Å². The van der Waals surface area contributed by atoms with Gasteiger partial charge in [-0.05, 0) is 17.5 Å². The monoisotopic (exact) mass is 366 g/mol. The molecule has 0 bridgehead atoms. The molecule has 1 aliphatic rings. The van der Waals surface area contributed by atoms with E-state index in [4.69, 9.17) is 4.74 Å². The molecule has 2 aromatic heterocycles. The lowest BCUT2D eigenvalue weighted by Crippen LogP contribution is -2.45. The molecule has 2 atom stereocenters. The summed E-state index contributed by atoms with van der Waals surface area (Å²) < 4.78 is 7.34. The Morgan fingerprint density at radius 3 is 3.00 bits per heavy atom. The van der Waals surface area contributed by atoms with E-state index in [1.165, 1.54) is 0 Å². The lowest BCUT2D eigenvalue weighted by Gasteiger charge is -2.27. The average Bonchev–Trinajstić information content (AvgIpc) is 3.14. The third-order valence-electron chi connectivity index (χ3n) is 4.80. The average molecular weight is 366 g/mol. The second kappa shape index (κ2) is 7.42. The molecular formula is C19H22N6O2. The second-order valence-corrected chi connectivity index (χ2v) is 6.80. The lowest BCUT2D eigenvalue weighted by atomic mass is 10.0. The number of nitrogens with one attached hydrogen (secondary N) is 2. The Labute approximate surface area is 156 Å². The molecule has 3 heterocycles. The van der Waals surface area contributed by atoms with Crippen molar-refractivity contribution >= 4 is 22.5 Å². The number of anilines is 1. The molecule has 3 aromatic rings. The highest BCUT2D eigenvalue weighted by Gasteiger charge is 2.26. The Hall–Kier alpha value is -2.84. The summed E-state index contributed by atoms with van der Waals surface area (Å²) in [6, 6.07) is 7.87. The van der Waals surface area contributed by atoms with Crippen molar-refractivity contribution in [1.82, 2.24) is 25.3 Å². The first-order valence-corrected chi connectivity index (χ1v) is 9.00. The minimum Gasteiger partial charge on any atom is -0.375 e. The Bertz CT molecular complexity index is 964. The van der Waals surface area contributed by atoms with Crippen molar-refractivity contribution in [3.63, 3.8) is 0 Å². The number of amides is 1. The summed E-state index contributed by atoms with van der Waals surface area (Å²) >= 11 is 0. The Balaban J connectivity index is 1.54. The maximum Gasteiger partial charge on any atom is 0.231 e. The fraction of sp³-hybridized carbons (Fsp3) is 0.368. The van der Waals surface area contributed by atoms with Crippen molar-refractivity contribution in [2.24, 2.45) is 13.0 Å². The molecular weight excluding hydrogens is 344 g/mol. The number of ether oxygens (including phenoxy) is 1. The number of carbonyl (C=O) groups excluding carboxylic acids is 1. The Morgan fingerprint density at radius 2 is 2.26 bits per heavy atom. The Kier molecular flexibility index (Phi) is 4.83. The first-order valence-electron chi connectivity index (χ1n) is 9.00. The summed E-state index contributed by atoms with van der Waals surface area (Å²) in [5.74, 6) is 0.168. The van der Waals surface area contributed by atoms with Gasteiger partial charge in [0.05, 0.1) is 24.8 Å². The quantitative estimate of drug-likeness (QED) is 0.728. The highest BCUT2D eigenvalue weighted by Crippen LogP contribution is 2.24. The van der Waals surface area contributed by atoms with Crippen LogP contribution in [0.1, 0.15) is 6.92 Å². The van der Waals surface area contributed by atoms with E-state index in [9.17, 15) is 4.79 Å². The van der Waals surface area contributed by atoms with Crippen LogP contribution in [0.3, 0.4) is 0 Å². The number of fused-ring (bicyclic) bond motifs is 1. The number of rotatable bonds is 4. The van der Waals surface area contributed by atoms with E-state index in [0.29, 0.717) is 19.0 Å². The molecule has 8 heteroatoms. The van der Waals surface area contributed by atoms with Gasteiger partial charge in [0, 0.05) is 37.3 Å². The van der Waals surface area contributed by atoms with Gasteiger partial charge in [0.15, 0.2) is 0 Å². The molecule has 4 rings (SSSR count). The SMILES string of the molecule is CC(C(=O)Nc1cc2cc(-c3cn(C)nn3)ccc2cn1)C1CNCCO1. The molecule has 8 nitrogen and oxygen atoms in total. The molecule has 27 heavy (non-hydrogen) atoms. The van der Waals surface area contributed by atoms with Crippen LogP contribution in [0.4, 0.5) is 5.82 Å². The van der Waals surface area contributed by atoms with Gasteiger partial charge in [0.25, 0.3) is 0 Å². The first kappa shape index (κ1) is 17.6. The predicted molar refractivity (Wildman–Crippen MR) is 102 cm³/mol. The number of nitrogens with zero attached hydrogens (tertiary/aromatic N) is 4. The van der Waals surface area contributed by atoms with E-state index in [2.05, 4.69) is 25.9 Å². The third-order valence-corrected chi connectivity index (χ3v) is 4.80. The van der Waals surface area contributed by atoms with Gasteiger partial charge >= 0.3 is 0 Å². The van der Waals surface area contributed by atoms with Gasteiger partial charge in [0.2, 0.25) is 5.91 Å². The fourth-order valence-corrected chi connectivity index (χ4v) is 3.16. The van der Waals surface area contributed by atoms with Crippen LogP contribution < -0.4 is 10.6 Å². The summed E-state index contributed by atoms with van der Waals surface area (Å²) in [7, 11) is 1.84. The molecule has 140 valence electrons. The summed E-state index contributed by atoms with van der Waals surface area (Å²) in [6.45, 7) is 4.01. The normalized spacial score (nSPS) is 18.4. The van der Waals surface area contributed by atoms with Gasteiger partial charge < -0.3 is 15.4 Å². The zero-order chi connectivity index (χ0) is 18.8. The highest BCUT2D eigenvalue weighted by molar-refractivity contribution is 5.95. The molecule has 0 spiro atoms. The van der Waals surface area contributed by atoms with Crippen LogP contribution in [-0.2, 0) is 16.6 Å². The molecule has 0 aliphatic carbocycles. The molecule has 0 saturated carbocycles. The molecule has 2 unspecified atom stereocenters. The van der Waals surface area contributed by atoms with Crippen LogP contribution >= 0.6 is 0 Å². The van der Waals surface area contributed by atoms with Gasteiger partial charge in [-0.15, -0.1) is 5.10 Å². The second-order valence-electron chi connectivity index (χ2n) is 6.80. The molecule has 1 fully saturated rings.